The van der Waals surface area contributed by atoms with Crippen LogP contribution in [0.5, 0.6) is 23.0 Å². The van der Waals surface area contributed by atoms with Crippen molar-refractivity contribution in [3.05, 3.63) is 169 Å². The Hall–Kier alpha value is -6.46. The monoisotopic (exact) mass is 864 g/mol. The standard InChI is InChI=1S/C46H44O8P2.C6H6/c1-45(2,3)37-27-29(47-7)25-35(43(37)53-55-49-39-21-13-9-17-31(39)32-18-10-14-22-40(32)50-55)36-26-30(48-8)28-38(46(4,5)6)44(36)54-56-51-41-23-15-11-19-33(41)34-20-12-16-24-42(34)52-56;1-2-4-6-5-3-1/h9-28H,1-8H3;1-6H. The van der Waals surface area contributed by atoms with E-state index >= 15 is 0 Å². The van der Waals surface area contributed by atoms with E-state index in [-0.39, 0.29) is 0 Å². The molecule has 0 aliphatic rings. The Morgan fingerprint density at radius 3 is 0.903 bits per heavy atom. The molecule has 9 rings (SSSR count). The van der Waals surface area contributed by atoms with Crippen LogP contribution < -0.4 is 18.5 Å². The molecule has 0 N–H and O–H groups in total. The Morgan fingerprint density at radius 1 is 0.371 bits per heavy atom. The Labute approximate surface area is 363 Å². The van der Waals surface area contributed by atoms with Gasteiger partial charge in [-0.3, -0.25) is 0 Å². The van der Waals surface area contributed by atoms with Gasteiger partial charge in [-0.05, 0) is 59.4 Å². The Bertz CT molecular complexity index is 2750. The van der Waals surface area contributed by atoms with Crippen LogP contribution >= 0.6 is 16.5 Å². The predicted octanol–water partition coefficient (Wildman–Crippen LogP) is 16.5. The van der Waals surface area contributed by atoms with Crippen LogP contribution in [-0.2, 0) is 10.8 Å². The minimum Gasteiger partial charge on any atom is -0.497 e. The Kier molecular flexibility index (Phi) is 12.2. The molecule has 0 bridgehead atoms. The summed E-state index contributed by atoms with van der Waals surface area (Å²) in [6.45, 7) is 12.8. The van der Waals surface area contributed by atoms with Gasteiger partial charge in [0.1, 0.15) is 45.3 Å². The van der Waals surface area contributed by atoms with Crippen molar-refractivity contribution in [1.82, 2.24) is 0 Å². The van der Waals surface area contributed by atoms with E-state index in [1.165, 1.54) is 0 Å². The zero-order chi connectivity index (χ0) is 43.4. The lowest BCUT2D eigenvalue weighted by atomic mass is 9.81. The third-order valence-corrected chi connectivity index (χ3v) is 12.4. The Balaban J connectivity index is 0.000000813. The van der Waals surface area contributed by atoms with Gasteiger partial charge in [0.15, 0.2) is 0 Å². The highest BCUT2D eigenvalue weighted by Crippen LogP contribution is 2.53. The van der Waals surface area contributed by atoms with Gasteiger partial charge in [0.05, 0.1) is 14.2 Å². The van der Waals surface area contributed by atoms with Crippen LogP contribution in [0.3, 0.4) is 0 Å². The highest BCUT2D eigenvalue weighted by Gasteiger charge is 2.31. The fraction of sp³-hybridized carbons (Fsp3) is 0.192. The predicted molar refractivity (Wildman–Crippen MR) is 254 cm³/mol. The van der Waals surface area contributed by atoms with Crippen LogP contribution in [0.2, 0.25) is 0 Å². The number of benzene rings is 7. The second kappa shape index (κ2) is 17.9. The second-order valence-corrected chi connectivity index (χ2v) is 18.7. The third kappa shape index (κ3) is 9.09. The lowest BCUT2D eigenvalue weighted by Gasteiger charge is -2.28. The van der Waals surface area contributed by atoms with Crippen LogP contribution in [0.4, 0.5) is 0 Å². The summed E-state index contributed by atoms with van der Waals surface area (Å²) in [5.41, 5.74) is 5.01. The molecule has 9 aromatic rings. The zero-order valence-electron chi connectivity index (χ0n) is 36.2. The van der Waals surface area contributed by atoms with Gasteiger partial charge in [0.25, 0.3) is 0 Å². The molecule has 0 saturated carbocycles. The molecule has 0 fully saturated rings. The summed E-state index contributed by atoms with van der Waals surface area (Å²) in [7, 11) is -0.712. The van der Waals surface area contributed by atoms with E-state index in [1.807, 2.05) is 158 Å². The fourth-order valence-electron chi connectivity index (χ4n) is 7.19. The molecule has 0 aliphatic heterocycles. The average molecular weight is 865 g/mol. The van der Waals surface area contributed by atoms with Crippen molar-refractivity contribution < 1.29 is 35.3 Å². The number of para-hydroxylation sites is 4. The van der Waals surface area contributed by atoms with Crippen LogP contribution in [0, 0.1) is 0 Å². The van der Waals surface area contributed by atoms with E-state index in [1.54, 1.807) is 14.2 Å². The highest BCUT2D eigenvalue weighted by atomic mass is 31.1. The number of rotatable bonds is 7. The maximum absolute atomic E-state index is 7.06. The van der Waals surface area contributed by atoms with E-state index in [0.717, 1.165) is 32.7 Å². The van der Waals surface area contributed by atoms with E-state index in [9.17, 15) is 0 Å². The van der Waals surface area contributed by atoms with E-state index < -0.39 is 27.3 Å². The maximum Gasteiger partial charge on any atom is 0.453 e. The molecule has 0 unspecified atom stereocenters. The summed E-state index contributed by atoms with van der Waals surface area (Å²) >= 11 is 0. The largest absolute Gasteiger partial charge is 0.497 e. The molecule has 0 amide bonds. The van der Waals surface area contributed by atoms with Crippen molar-refractivity contribution >= 4 is 60.4 Å². The third-order valence-electron chi connectivity index (χ3n) is 10.3. The van der Waals surface area contributed by atoms with Gasteiger partial charge in [-0.1, -0.05) is 151 Å². The van der Waals surface area contributed by atoms with E-state index in [4.69, 9.17) is 35.3 Å². The molecule has 0 atom stereocenters. The van der Waals surface area contributed by atoms with Crippen molar-refractivity contribution in [2.24, 2.45) is 0 Å². The number of ether oxygens (including phenoxy) is 2. The van der Waals surface area contributed by atoms with Gasteiger partial charge in [0.2, 0.25) is 0 Å². The van der Waals surface area contributed by atoms with E-state index in [0.29, 0.717) is 56.5 Å². The van der Waals surface area contributed by atoms with Gasteiger partial charge in [0, 0.05) is 43.8 Å². The summed E-state index contributed by atoms with van der Waals surface area (Å²) in [6.07, 6.45) is 0. The van der Waals surface area contributed by atoms with Gasteiger partial charge in [-0.15, -0.1) is 0 Å². The van der Waals surface area contributed by atoms with Crippen molar-refractivity contribution in [3.8, 4) is 34.1 Å². The molecule has 10 heteroatoms. The van der Waals surface area contributed by atoms with Gasteiger partial charge < -0.3 is 35.3 Å². The first kappa shape index (κ1) is 42.2. The van der Waals surface area contributed by atoms with Crippen molar-refractivity contribution in [2.45, 2.75) is 52.4 Å². The summed E-state index contributed by atoms with van der Waals surface area (Å²) < 4.78 is 52.5. The molecule has 7 aromatic carbocycles. The summed E-state index contributed by atoms with van der Waals surface area (Å²) in [5.74, 6) is 2.41. The van der Waals surface area contributed by atoms with Crippen molar-refractivity contribution in [2.75, 3.05) is 14.2 Å². The quantitative estimate of drug-likeness (QED) is 0.156. The normalized spacial score (nSPS) is 11.5. The van der Waals surface area contributed by atoms with E-state index in [2.05, 4.69) is 41.5 Å². The lowest BCUT2D eigenvalue weighted by molar-refractivity contribution is 0.409. The van der Waals surface area contributed by atoms with Crippen molar-refractivity contribution in [1.29, 1.82) is 0 Å². The average Bonchev–Trinajstić information content (AvgIpc) is 3.54. The zero-order valence-corrected chi connectivity index (χ0v) is 38.0. The number of fused-ring (bicyclic) bond motifs is 6. The van der Waals surface area contributed by atoms with Crippen LogP contribution in [-0.4, -0.2) is 14.2 Å². The molecular formula is C52H50O8P2. The minimum atomic E-state index is -2.02. The first-order chi connectivity index (χ1) is 29.9. The SMILES string of the molecule is COc1cc(-c2cc(OC)cc(C(C)(C)C)c2Op2oc3ccccc3c3ccccc3o2)c(Op2oc3ccccc3c3ccccc3o2)c(C(C)(C)C)c1.c1ccccc1. The molecule has 8 nitrogen and oxygen atoms in total. The summed E-state index contributed by atoms with van der Waals surface area (Å²) in [6, 6.07) is 51.6. The maximum atomic E-state index is 7.06. The topological polar surface area (TPSA) is 89.5 Å². The second-order valence-electron chi connectivity index (χ2n) is 16.7. The smallest absolute Gasteiger partial charge is 0.453 e. The van der Waals surface area contributed by atoms with Crippen molar-refractivity contribution in [3.63, 3.8) is 0 Å². The van der Waals surface area contributed by atoms with Crippen LogP contribution in [0.25, 0.3) is 55.0 Å². The number of hydrogen-bond donors (Lipinski definition) is 0. The molecule has 316 valence electrons. The van der Waals surface area contributed by atoms with Crippen LogP contribution in [0.1, 0.15) is 52.7 Å². The number of methoxy groups -OCH3 is 2. The minimum absolute atomic E-state index is 0.409. The van der Waals surface area contributed by atoms with Crippen LogP contribution in [0.15, 0.2) is 175 Å². The van der Waals surface area contributed by atoms with Gasteiger partial charge >= 0.3 is 16.5 Å². The first-order valence-electron chi connectivity index (χ1n) is 20.4. The molecule has 0 saturated heterocycles. The molecule has 0 radical (unpaired) electrons. The van der Waals surface area contributed by atoms with Gasteiger partial charge in [-0.25, -0.2) is 0 Å². The summed E-state index contributed by atoms with van der Waals surface area (Å²) in [5, 5.41) is 3.70. The molecule has 62 heavy (non-hydrogen) atoms. The molecule has 0 spiro atoms. The number of hydrogen-bond acceptors (Lipinski definition) is 8. The first-order valence-corrected chi connectivity index (χ1v) is 22.6. The van der Waals surface area contributed by atoms with Gasteiger partial charge in [-0.2, -0.15) is 0 Å². The lowest BCUT2D eigenvalue weighted by Crippen LogP contribution is -2.15. The Morgan fingerprint density at radius 2 is 0.645 bits per heavy atom. The fourth-order valence-corrected chi connectivity index (χ4v) is 9.39. The molecule has 2 heterocycles. The highest BCUT2D eigenvalue weighted by molar-refractivity contribution is 7.32. The molecular weight excluding hydrogens is 815 g/mol. The molecule has 2 aromatic heterocycles. The summed E-state index contributed by atoms with van der Waals surface area (Å²) in [4.78, 5) is 0. The molecule has 0 aliphatic carbocycles.